The van der Waals surface area contributed by atoms with Crippen LogP contribution in [0, 0.1) is 0 Å². The second kappa shape index (κ2) is 6.64. The average Bonchev–Trinajstić information content (AvgIpc) is 2.49. The van der Waals surface area contributed by atoms with E-state index in [-0.39, 0.29) is 0 Å². The summed E-state index contributed by atoms with van der Waals surface area (Å²) in [7, 11) is 5.17. The number of methoxy groups -OCH3 is 2. The lowest BCUT2D eigenvalue weighted by Gasteiger charge is -2.11. The van der Waals surface area contributed by atoms with Crippen LogP contribution in [0.2, 0.25) is 5.02 Å². The maximum Gasteiger partial charge on any atom is 0.161 e. The van der Waals surface area contributed by atoms with Crippen LogP contribution in [0.15, 0.2) is 36.4 Å². The van der Waals surface area contributed by atoms with E-state index in [0.29, 0.717) is 0 Å². The summed E-state index contributed by atoms with van der Waals surface area (Å²) in [6, 6.07) is 11.9. The molecule has 4 heteroatoms. The summed E-state index contributed by atoms with van der Waals surface area (Å²) in [5, 5.41) is 3.88. The fourth-order valence-electron chi connectivity index (χ4n) is 2.10. The first kappa shape index (κ1) is 14.7. The minimum absolute atomic E-state index is 0.718. The molecule has 106 valence electrons. The molecule has 0 fully saturated rings. The lowest BCUT2D eigenvalue weighted by atomic mass is 10.0. The zero-order valence-corrected chi connectivity index (χ0v) is 12.6. The Morgan fingerprint density at radius 2 is 1.60 bits per heavy atom. The van der Waals surface area contributed by atoms with Crippen molar-refractivity contribution in [2.45, 2.75) is 6.54 Å². The molecule has 0 aromatic heterocycles. The number of ether oxygens (including phenoxy) is 2. The highest BCUT2D eigenvalue weighted by atomic mass is 35.5. The normalized spacial score (nSPS) is 10.4. The van der Waals surface area contributed by atoms with Crippen LogP contribution >= 0.6 is 11.6 Å². The van der Waals surface area contributed by atoms with Gasteiger partial charge in [-0.2, -0.15) is 0 Å². The minimum Gasteiger partial charge on any atom is -0.493 e. The van der Waals surface area contributed by atoms with Crippen molar-refractivity contribution in [1.29, 1.82) is 0 Å². The van der Waals surface area contributed by atoms with E-state index >= 15 is 0 Å². The van der Waals surface area contributed by atoms with Gasteiger partial charge in [-0.05, 0) is 48.0 Å². The fourth-order valence-corrected chi connectivity index (χ4v) is 2.28. The third kappa shape index (κ3) is 3.06. The van der Waals surface area contributed by atoms with Gasteiger partial charge >= 0.3 is 0 Å². The topological polar surface area (TPSA) is 30.5 Å². The van der Waals surface area contributed by atoms with Crippen LogP contribution in [0.3, 0.4) is 0 Å². The van der Waals surface area contributed by atoms with Crippen molar-refractivity contribution in [3.05, 3.63) is 47.0 Å². The summed E-state index contributed by atoms with van der Waals surface area (Å²) < 4.78 is 10.6. The second-order valence-corrected chi connectivity index (χ2v) is 4.81. The van der Waals surface area contributed by atoms with Crippen molar-refractivity contribution in [2.75, 3.05) is 21.3 Å². The largest absolute Gasteiger partial charge is 0.493 e. The van der Waals surface area contributed by atoms with Crippen LogP contribution in [0.1, 0.15) is 5.56 Å². The number of hydrogen-bond acceptors (Lipinski definition) is 3. The number of halogens is 1. The van der Waals surface area contributed by atoms with Crippen LogP contribution < -0.4 is 14.8 Å². The van der Waals surface area contributed by atoms with Gasteiger partial charge in [0, 0.05) is 11.6 Å². The molecule has 0 radical (unpaired) electrons. The maximum absolute atomic E-state index is 6.18. The fraction of sp³-hybridized carbons (Fsp3) is 0.250. The first-order valence-electron chi connectivity index (χ1n) is 6.35. The lowest BCUT2D eigenvalue weighted by Crippen LogP contribution is -2.05. The molecule has 3 nitrogen and oxygen atoms in total. The lowest BCUT2D eigenvalue weighted by molar-refractivity contribution is 0.355. The summed E-state index contributed by atoms with van der Waals surface area (Å²) >= 11 is 6.18. The summed E-state index contributed by atoms with van der Waals surface area (Å²) in [5.74, 6) is 1.44. The van der Waals surface area contributed by atoms with Crippen molar-refractivity contribution in [1.82, 2.24) is 5.32 Å². The van der Waals surface area contributed by atoms with E-state index in [1.165, 1.54) is 0 Å². The van der Waals surface area contributed by atoms with Gasteiger partial charge in [-0.15, -0.1) is 0 Å². The average molecular weight is 292 g/mol. The molecule has 0 spiro atoms. The highest BCUT2D eigenvalue weighted by Crippen LogP contribution is 2.33. The highest BCUT2D eigenvalue weighted by molar-refractivity contribution is 6.31. The SMILES string of the molecule is CNCc1cc(-c2ccc(OC)c(OC)c2)ccc1Cl. The van der Waals surface area contributed by atoms with Gasteiger partial charge in [0.2, 0.25) is 0 Å². The first-order valence-corrected chi connectivity index (χ1v) is 6.72. The number of hydrogen-bond donors (Lipinski definition) is 1. The molecule has 2 aromatic rings. The molecule has 2 rings (SSSR count). The maximum atomic E-state index is 6.18. The van der Waals surface area contributed by atoms with Crippen LogP contribution in [-0.4, -0.2) is 21.3 Å². The molecule has 0 aliphatic heterocycles. The third-order valence-electron chi connectivity index (χ3n) is 3.13. The number of rotatable bonds is 5. The summed E-state index contributed by atoms with van der Waals surface area (Å²) in [4.78, 5) is 0. The van der Waals surface area contributed by atoms with Crippen molar-refractivity contribution in [2.24, 2.45) is 0 Å². The Labute approximate surface area is 124 Å². The van der Waals surface area contributed by atoms with Crippen molar-refractivity contribution in [3.8, 4) is 22.6 Å². The minimum atomic E-state index is 0.718. The molecule has 0 unspecified atom stereocenters. The summed E-state index contributed by atoms with van der Waals surface area (Å²) in [5.41, 5.74) is 3.23. The number of benzene rings is 2. The second-order valence-electron chi connectivity index (χ2n) is 4.41. The van der Waals surface area contributed by atoms with Crippen molar-refractivity contribution >= 4 is 11.6 Å². The Morgan fingerprint density at radius 3 is 2.25 bits per heavy atom. The first-order chi connectivity index (χ1) is 9.69. The predicted molar refractivity (Wildman–Crippen MR) is 82.8 cm³/mol. The zero-order valence-electron chi connectivity index (χ0n) is 11.9. The van der Waals surface area contributed by atoms with Gasteiger partial charge in [0.1, 0.15) is 0 Å². The van der Waals surface area contributed by atoms with E-state index in [9.17, 15) is 0 Å². The molecule has 0 saturated heterocycles. The molecule has 20 heavy (non-hydrogen) atoms. The van der Waals surface area contributed by atoms with Crippen LogP contribution in [0.4, 0.5) is 0 Å². The molecule has 2 aromatic carbocycles. The predicted octanol–water partition coefficient (Wildman–Crippen LogP) is 3.74. The van der Waals surface area contributed by atoms with Gasteiger partial charge in [-0.3, -0.25) is 0 Å². The highest BCUT2D eigenvalue weighted by Gasteiger charge is 2.08. The van der Waals surface area contributed by atoms with Gasteiger partial charge < -0.3 is 14.8 Å². The summed E-state index contributed by atoms with van der Waals surface area (Å²) in [6.45, 7) is 0.736. The van der Waals surface area contributed by atoms with Crippen LogP contribution in [0.5, 0.6) is 11.5 Å². The van der Waals surface area contributed by atoms with E-state index in [1.807, 2.05) is 37.4 Å². The van der Waals surface area contributed by atoms with Crippen LogP contribution in [0.25, 0.3) is 11.1 Å². The summed E-state index contributed by atoms with van der Waals surface area (Å²) in [6.07, 6.45) is 0. The van der Waals surface area contributed by atoms with Gasteiger partial charge in [0.15, 0.2) is 11.5 Å². The molecule has 0 aliphatic carbocycles. The van der Waals surface area contributed by atoms with Gasteiger partial charge in [0.05, 0.1) is 14.2 Å². The Morgan fingerprint density at radius 1 is 0.950 bits per heavy atom. The van der Waals surface area contributed by atoms with Gasteiger partial charge in [-0.1, -0.05) is 23.7 Å². The number of nitrogens with one attached hydrogen (secondary N) is 1. The van der Waals surface area contributed by atoms with Crippen molar-refractivity contribution < 1.29 is 9.47 Å². The quantitative estimate of drug-likeness (QED) is 0.910. The molecule has 0 bridgehead atoms. The van der Waals surface area contributed by atoms with E-state index < -0.39 is 0 Å². The molecular formula is C16H18ClNO2. The molecule has 1 N–H and O–H groups in total. The van der Waals surface area contributed by atoms with Gasteiger partial charge in [0.25, 0.3) is 0 Å². The Kier molecular flexibility index (Phi) is 4.88. The third-order valence-corrected chi connectivity index (χ3v) is 3.50. The molecular weight excluding hydrogens is 274 g/mol. The molecule has 0 amide bonds. The Hall–Kier alpha value is -1.71. The van der Waals surface area contributed by atoms with E-state index in [1.54, 1.807) is 14.2 Å². The Bertz CT molecular complexity index is 599. The van der Waals surface area contributed by atoms with E-state index in [0.717, 1.165) is 39.8 Å². The standard InChI is InChI=1S/C16H18ClNO2/c1-18-10-13-8-11(4-6-14(13)17)12-5-7-15(19-2)16(9-12)20-3/h4-9,18H,10H2,1-3H3. The smallest absolute Gasteiger partial charge is 0.161 e. The van der Waals surface area contributed by atoms with Crippen molar-refractivity contribution in [3.63, 3.8) is 0 Å². The van der Waals surface area contributed by atoms with E-state index in [2.05, 4.69) is 11.4 Å². The Balaban J connectivity index is 2.43. The molecule has 0 aliphatic rings. The monoisotopic (exact) mass is 291 g/mol. The molecule has 0 saturated carbocycles. The van der Waals surface area contributed by atoms with Crippen LogP contribution in [-0.2, 0) is 6.54 Å². The van der Waals surface area contributed by atoms with Gasteiger partial charge in [-0.25, -0.2) is 0 Å². The zero-order chi connectivity index (χ0) is 14.5. The van der Waals surface area contributed by atoms with E-state index in [4.69, 9.17) is 21.1 Å². The molecule has 0 heterocycles. The molecule has 0 atom stereocenters.